The molecule has 7 heteroatoms. The largest absolute Gasteiger partial charge is 0.399 e. The minimum atomic E-state index is 0.520. The van der Waals surface area contributed by atoms with Gasteiger partial charge in [0, 0.05) is 12.0 Å². The third-order valence-electron chi connectivity index (χ3n) is 2.91. The molecule has 2 rings (SSSR count). The monoisotopic (exact) mass is 343 g/mol. The topological polar surface area (TPSA) is 47.4 Å². The highest BCUT2D eigenvalue weighted by atomic mass is 35.5. The van der Waals surface area contributed by atoms with E-state index in [4.69, 9.17) is 28.0 Å². The zero-order valence-corrected chi connectivity index (χ0v) is 13.9. The summed E-state index contributed by atoms with van der Waals surface area (Å²) in [5.41, 5.74) is 3.55. The van der Waals surface area contributed by atoms with Crippen LogP contribution in [-0.4, -0.2) is 23.0 Å². The van der Waals surface area contributed by atoms with Gasteiger partial charge in [0.1, 0.15) is 17.6 Å². The van der Waals surface area contributed by atoms with Crippen molar-refractivity contribution >= 4 is 40.3 Å². The van der Waals surface area contributed by atoms with Gasteiger partial charge < -0.3 is 4.84 Å². The van der Waals surface area contributed by atoms with Gasteiger partial charge in [0.05, 0.1) is 15.8 Å². The lowest BCUT2D eigenvalue weighted by Crippen LogP contribution is -2.02. The smallest absolute Gasteiger partial charge is 0.117 e. The fraction of sp³-hybridized carbons (Fsp3) is 0.357. The highest BCUT2D eigenvalue weighted by Crippen LogP contribution is 2.24. The molecule has 0 unspecified atom stereocenters. The number of hydrogen-bond donors (Lipinski definition) is 0. The number of rotatable bonds is 7. The van der Waals surface area contributed by atoms with E-state index in [1.165, 1.54) is 0 Å². The van der Waals surface area contributed by atoms with Crippen LogP contribution >= 0.6 is 34.5 Å². The molecule has 0 aliphatic rings. The SMILES string of the molecule is CO/N=C(\CCCCc1nncs1)c1ccc(Cl)c(Cl)c1. The standard InChI is InChI=1S/C14H15Cl2N3OS/c1-20-19-13(10-6-7-11(15)12(16)8-10)4-2-3-5-14-18-17-9-21-14/h6-9H,2-5H2,1H3/b19-13+. The van der Waals surface area contributed by atoms with Gasteiger partial charge in [0.15, 0.2) is 0 Å². The van der Waals surface area contributed by atoms with Crippen LogP contribution in [0.3, 0.4) is 0 Å². The first-order valence-electron chi connectivity index (χ1n) is 6.51. The van der Waals surface area contributed by atoms with Crippen molar-refractivity contribution in [3.63, 3.8) is 0 Å². The number of nitrogens with zero attached hydrogens (tertiary/aromatic N) is 3. The van der Waals surface area contributed by atoms with Crippen molar-refractivity contribution in [1.29, 1.82) is 0 Å². The Balaban J connectivity index is 1.93. The Labute approximate surface area is 137 Å². The fourth-order valence-corrected chi connectivity index (χ4v) is 2.77. The first-order chi connectivity index (χ1) is 10.2. The Morgan fingerprint density at radius 2 is 2.14 bits per heavy atom. The summed E-state index contributed by atoms with van der Waals surface area (Å²) in [6.45, 7) is 0. The molecule has 1 aromatic carbocycles. The number of aryl methyl sites for hydroxylation is 1. The molecule has 0 amide bonds. The Hall–Kier alpha value is -1.17. The van der Waals surface area contributed by atoms with Crippen molar-refractivity contribution in [1.82, 2.24) is 10.2 Å². The second-order valence-corrected chi connectivity index (χ2v) is 6.12. The summed E-state index contributed by atoms with van der Waals surface area (Å²) in [7, 11) is 1.54. The lowest BCUT2D eigenvalue weighted by molar-refractivity contribution is 0.212. The van der Waals surface area contributed by atoms with Gasteiger partial charge in [0.25, 0.3) is 0 Å². The molecule has 0 saturated carbocycles. The second kappa shape index (κ2) is 8.32. The minimum Gasteiger partial charge on any atom is -0.399 e. The molecule has 0 aliphatic carbocycles. The summed E-state index contributed by atoms with van der Waals surface area (Å²) in [5, 5.41) is 14.1. The van der Waals surface area contributed by atoms with Crippen LogP contribution in [-0.2, 0) is 11.3 Å². The molecule has 112 valence electrons. The van der Waals surface area contributed by atoms with Crippen molar-refractivity contribution < 1.29 is 4.84 Å². The average molecular weight is 344 g/mol. The van der Waals surface area contributed by atoms with E-state index < -0.39 is 0 Å². The summed E-state index contributed by atoms with van der Waals surface area (Å²) in [4.78, 5) is 4.92. The van der Waals surface area contributed by atoms with Gasteiger partial charge in [-0.25, -0.2) is 0 Å². The van der Waals surface area contributed by atoms with Crippen LogP contribution in [0, 0.1) is 0 Å². The number of benzene rings is 1. The molecule has 0 spiro atoms. The van der Waals surface area contributed by atoms with Gasteiger partial charge in [0.2, 0.25) is 0 Å². The Bertz CT molecular complexity index is 602. The molecule has 0 N–H and O–H groups in total. The quantitative estimate of drug-likeness (QED) is 0.419. The van der Waals surface area contributed by atoms with Gasteiger partial charge in [-0.15, -0.1) is 21.5 Å². The first-order valence-corrected chi connectivity index (χ1v) is 8.14. The van der Waals surface area contributed by atoms with Crippen molar-refractivity contribution in [3.8, 4) is 0 Å². The van der Waals surface area contributed by atoms with E-state index in [1.807, 2.05) is 12.1 Å². The zero-order valence-electron chi connectivity index (χ0n) is 11.6. The number of hydrogen-bond acceptors (Lipinski definition) is 5. The molecule has 21 heavy (non-hydrogen) atoms. The summed E-state index contributed by atoms with van der Waals surface area (Å²) < 4.78 is 0. The van der Waals surface area contributed by atoms with Crippen LogP contribution < -0.4 is 0 Å². The summed E-state index contributed by atoms with van der Waals surface area (Å²) in [6, 6.07) is 5.48. The van der Waals surface area contributed by atoms with Crippen molar-refractivity contribution in [2.45, 2.75) is 25.7 Å². The lowest BCUT2D eigenvalue weighted by atomic mass is 10.0. The molecular weight excluding hydrogens is 329 g/mol. The minimum absolute atomic E-state index is 0.520. The van der Waals surface area contributed by atoms with E-state index in [0.717, 1.165) is 42.0 Å². The van der Waals surface area contributed by atoms with Gasteiger partial charge in [-0.3, -0.25) is 0 Å². The average Bonchev–Trinajstić information content (AvgIpc) is 2.98. The highest BCUT2D eigenvalue weighted by Gasteiger charge is 2.08. The van der Waals surface area contributed by atoms with E-state index in [9.17, 15) is 0 Å². The van der Waals surface area contributed by atoms with Crippen LogP contribution in [0.1, 0.15) is 29.8 Å². The number of oxime groups is 1. The summed E-state index contributed by atoms with van der Waals surface area (Å²) in [5.74, 6) is 0. The molecule has 2 aromatic rings. The van der Waals surface area contributed by atoms with Gasteiger partial charge in [-0.2, -0.15) is 0 Å². The predicted octanol–water partition coefficient (Wildman–Crippen LogP) is 4.61. The number of unbranched alkanes of at least 4 members (excludes halogenated alkanes) is 1. The van der Waals surface area contributed by atoms with Gasteiger partial charge in [-0.1, -0.05) is 34.4 Å². The summed E-state index contributed by atoms with van der Waals surface area (Å²) in [6.07, 6.45) is 3.76. The Kier molecular flexibility index (Phi) is 6.42. The highest BCUT2D eigenvalue weighted by molar-refractivity contribution is 7.09. The third kappa shape index (κ3) is 4.95. The molecule has 1 aromatic heterocycles. The van der Waals surface area contributed by atoms with E-state index in [-0.39, 0.29) is 0 Å². The van der Waals surface area contributed by atoms with Gasteiger partial charge in [-0.05, 0) is 31.4 Å². The molecule has 0 saturated heterocycles. The lowest BCUT2D eigenvalue weighted by Gasteiger charge is -2.07. The van der Waals surface area contributed by atoms with Crippen LogP contribution in [0.15, 0.2) is 28.9 Å². The molecule has 1 heterocycles. The van der Waals surface area contributed by atoms with E-state index in [2.05, 4.69) is 15.4 Å². The van der Waals surface area contributed by atoms with Crippen LogP contribution in [0.5, 0.6) is 0 Å². The molecule has 0 bridgehead atoms. The van der Waals surface area contributed by atoms with E-state index >= 15 is 0 Å². The molecule has 0 atom stereocenters. The molecule has 0 radical (unpaired) electrons. The normalized spacial score (nSPS) is 11.7. The number of aromatic nitrogens is 2. The number of halogens is 2. The maximum absolute atomic E-state index is 6.05. The van der Waals surface area contributed by atoms with Crippen molar-refractivity contribution in [2.24, 2.45) is 5.16 Å². The maximum Gasteiger partial charge on any atom is 0.117 e. The Morgan fingerprint density at radius 1 is 1.29 bits per heavy atom. The predicted molar refractivity (Wildman–Crippen MR) is 87.5 cm³/mol. The summed E-state index contributed by atoms with van der Waals surface area (Å²) >= 11 is 13.6. The zero-order chi connectivity index (χ0) is 15.1. The van der Waals surface area contributed by atoms with Crippen molar-refractivity contribution in [3.05, 3.63) is 44.3 Å². The van der Waals surface area contributed by atoms with Crippen LogP contribution in [0.2, 0.25) is 10.0 Å². The first kappa shape index (κ1) is 16.2. The van der Waals surface area contributed by atoms with Crippen LogP contribution in [0.4, 0.5) is 0 Å². The Morgan fingerprint density at radius 3 is 2.81 bits per heavy atom. The van der Waals surface area contributed by atoms with E-state index in [1.54, 1.807) is 30.0 Å². The van der Waals surface area contributed by atoms with Crippen LogP contribution in [0.25, 0.3) is 0 Å². The van der Waals surface area contributed by atoms with E-state index in [0.29, 0.717) is 10.0 Å². The molecule has 0 aliphatic heterocycles. The third-order valence-corrected chi connectivity index (χ3v) is 4.41. The molecular formula is C14H15Cl2N3OS. The van der Waals surface area contributed by atoms with Crippen molar-refractivity contribution in [2.75, 3.05) is 7.11 Å². The molecule has 0 fully saturated rings. The van der Waals surface area contributed by atoms with Gasteiger partial charge >= 0.3 is 0 Å². The molecule has 4 nitrogen and oxygen atoms in total. The fourth-order valence-electron chi connectivity index (χ4n) is 1.90. The second-order valence-electron chi connectivity index (χ2n) is 4.39. The maximum atomic E-state index is 6.05.